The molecule has 3 rings (SSSR count). The number of hydrogen-bond acceptors (Lipinski definition) is 6. The summed E-state index contributed by atoms with van der Waals surface area (Å²) in [4.78, 5) is 18.7. The van der Waals surface area contributed by atoms with E-state index in [2.05, 4.69) is 14.8 Å². The van der Waals surface area contributed by atoms with Gasteiger partial charge in [-0.25, -0.2) is 4.98 Å². The molecule has 6 nitrogen and oxygen atoms in total. The number of alkyl halides is 3. The molecule has 2 aromatic heterocycles. The van der Waals surface area contributed by atoms with Gasteiger partial charge in [0.1, 0.15) is 10.8 Å². The first-order chi connectivity index (χ1) is 12.2. The van der Waals surface area contributed by atoms with Crippen LogP contribution in [-0.4, -0.2) is 32.9 Å². The van der Waals surface area contributed by atoms with E-state index in [1.165, 1.54) is 34.1 Å². The second kappa shape index (κ2) is 7.04. The van der Waals surface area contributed by atoms with Crippen LogP contribution in [0.2, 0.25) is 0 Å². The van der Waals surface area contributed by atoms with Crippen molar-refractivity contribution in [3.05, 3.63) is 57.0 Å². The molecule has 0 bridgehead atoms. The molecule has 0 aliphatic carbocycles. The Hall–Kier alpha value is -2.46. The van der Waals surface area contributed by atoms with E-state index in [0.29, 0.717) is 22.8 Å². The number of aromatic nitrogens is 3. The van der Waals surface area contributed by atoms with E-state index in [1.54, 1.807) is 31.0 Å². The highest BCUT2D eigenvalue weighted by Gasteiger charge is 2.32. The standard InChI is InChI=1S/C16H15F3N4O2S/c1-10-21-23-14(24)7-12(20-15(23)26-10)9-22(2)8-11-5-3-4-6-13(11)25-16(17,18)19/h3-7H,8-9H2,1-2H3. The minimum atomic E-state index is -4.75. The zero-order chi connectivity index (χ0) is 18.9. The Morgan fingerprint density at radius 3 is 2.73 bits per heavy atom. The first kappa shape index (κ1) is 18.3. The molecule has 138 valence electrons. The number of halogens is 3. The lowest BCUT2D eigenvalue weighted by atomic mass is 10.2. The van der Waals surface area contributed by atoms with Gasteiger partial charge in [0, 0.05) is 24.7 Å². The van der Waals surface area contributed by atoms with Crippen molar-refractivity contribution in [3.8, 4) is 5.75 Å². The van der Waals surface area contributed by atoms with Crippen LogP contribution in [0.25, 0.3) is 4.96 Å². The fourth-order valence-corrected chi connectivity index (χ4v) is 3.28. The van der Waals surface area contributed by atoms with Crippen molar-refractivity contribution in [1.82, 2.24) is 19.5 Å². The Morgan fingerprint density at radius 1 is 1.27 bits per heavy atom. The van der Waals surface area contributed by atoms with Crippen LogP contribution in [0.1, 0.15) is 16.3 Å². The van der Waals surface area contributed by atoms with Gasteiger partial charge in [0.2, 0.25) is 4.96 Å². The van der Waals surface area contributed by atoms with Gasteiger partial charge >= 0.3 is 6.36 Å². The summed E-state index contributed by atoms with van der Waals surface area (Å²) in [5.41, 5.74) is 0.623. The molecule has 0 radical (unpaired) electrons. The average molecular weight is 384 g/mol. The van der Waals surface area contributed by atoms with Crippen molar-refractivity contribution in [2.75, 3.05) is 7.05 Å². The highest BCUT2D eigenvalue weighted by atomic mass is 32.1. The third-order valence-electron chi connectivity index (χ3n) is 3.47. The van der Waals surface area contributed by atoms with Gasteiger partial charge in [-0.05, 0) is 20.0 Å². The first-order valence-electron chi connectivity index (χ1n) is 7.60. The molecule has 0 spiro atoms. The number of rotatable bonds is 5. The van der Waals surface area contributed by atoms with E-state index in [-0.39, 0.29) is 17.9 Å². The fourth-order valence-electron chi connectivity index (χ4n) is 2.51. The molecular formula is C16H15F3N4O2S. The Bertz CT molecular complexity index is 984. The molecular weight excluding hydrogens is 369 g/mol. The van der Waals surface area contributed by atoms with Gasteiger partial charge in [0.25, 0.3) is 5.56 Å². The van der Waals surface area contributed by atoms with Crippen LogP contribution in [0.15, 0.2) is 35.1 Å². The maximum Gasteiger partial charge on any atom is 0.573 e. The van der Waals surface area contributed by atoms with Crippen LogP contribution in [0.3, 0.4) is 0 Å². The van der Waals surface area contributed by atoms with Gasteiger partial charge in [0.15, 0.2) is 0 Å². The van der Waals surface area contributed by atoms with Gasteiger partial charge in [-0.15, -0.1) is 13.2 Å². The van der Waals surface area contributed by atoms with Gasteiger partial charge < -0.3 is 4.74 Å². The molecule has 0 saturated carbocycles. The van der Waals surface area contributed by atoms with Crippen molar-refractivity contribution in [2.24, 2.45) is 0 Å². The highest BCUT2D eigenvalue weighted by molar-refractivity contribution is 7.16. The summed E-state index contributed by atoms with van der Waals surface area (Å²) in [6, 6.07) is 7.33. The zero-order valence-corrected chi connectivity index (χ0v) is 14.8. The maximum atomic E-state index is 12.5. The largest absolute Gasteiger partial charge is 0.573 e. The minimum Gasteiger partial charge on any atom is -0.405 e. The predicted molar refractivity (Wildman–Crippen MR) is 90.2 cm³/mol. The Morgan fingerprint density at radius 2 is 2.00 bits per heavy atom. The van der Waals surface area contributed by atoms with Crippen LogP contribution in [0.5, 0.6) is 5.75 Å². The summed E-state index contributed by atoms with van der Waals surface area (Å²) in [6.07, 6.45) is -4.75. The monoisotopic (exact) mass is 384 g/mol. The van der Waals surface area contributed by atoms with Crippen LogP contribution in [0.4, 0.5) is 13.2 Å². The molecule has 0 fully saturated rings. The third kappa shape index (κ3) is 4.38. The summed E-state index contributed by atoms with van der Waals surface area (Å²) in [6.45, 7) is 2.28. The summed E-state index contributed by atoms with van der Waals surface area (Å²) in [5, 5.41) is 4.79. The fraction of sp³-hybridized carbons (Fsp3) is 0.312. The van der Waals surface area contributed by atoms with Gasteiger partial charge in [0.05, 0.1) is 5.69 Å². The SMILES string of the molecule is Cc1nn2c(=O)cc(CN(C)Cc3ccccc3OC(F)(F)F)nc2s1. The van der Waals surface area contributed by atoms with E-state index in [4.69, 9.17) is 0 Å². The van der Waals surface area contributed by atoms with Crippen molar-refractivity contribution in [3.63, 3.8) is 0 Å². The summed E-state index contributed by atoms with van der Waals surface area (Å²) in [7, 11) is 1.73. The van der Waals surface area contributed by atoms with Crippen molar-refractivity contribution in [1.29, 1.82) is 0 Å². The number of nitrogens with zero attached hydrogens (tertiary/aromatic N) is 4. The molecule has 2 heterocycles. The van der Waals surface area contributed by atoms with Crippen LogP contribution in [-0.2, 0) is 13.1 Å². The zero-order valence-electron chi connectivity index (χ0n) is 13.9. The molecule has 26 heavy (non-hydrogen) atoms. The minimum absolute atomic E-state index is 0.203. The number of fused-ring (bicyclic) bond motifs is 1. The van der Waals surface area contributed by atoms with Gasteiger partial charge in [-0.1, -0.05) is 29.5 Å². The van der Waals surface area contributed by atoms with E-state index < -0.39 is 6.36 Å². The molecule has 1 aromatic carbocycles. The van der Waals surface area contributed by atoms with Crippen LogP contribution < -0.4 is 10.3 Å². The quantitative estimate of drug-likeness (QED) is 0.677. The summed E-state index contributed by atoms with van der Waals surface area (Å²) < 4.78 is 42.8. The van der Waals surface area contributed by atoms with Gasteiger partial charge in [-0.2, -0.15) is 9.61 Å². The highest BCUT2D eigenvalue weighted by Crippen LogP contribution is 2.27. The molecule has 0 atom stereocenters. The Kier molecular flexibility index (Phi) is 4.97. The van der Waals surface area contributed by atoms with Crippen molar-refractivity contribution >= 4 is 16.3 Å². The third-order valence-corrected chi connectivity index (χ3v) is 4.29. The van der Waals surface area contributed by atoms with E-state index in [0.717, 1.165) is 5.01 Å². The van der Waals surface area contributed by atoms with Crippen LogP contribution in [0, 0.1) is 6.92 Å². The number of benzene rings is 1. The summed E-state index contributed by atoms with van der Waals surface area (Å²) in [5.74, 6) is -0.242. The van der Waals surface area contributed by atoms with Crippen LogP contribution >= 0.6 is 11.3 Å². The maximum absolute atomic E-state index is 12.5. The lowest BCUT2D eigenvalue weighted by molar-refractivity contribution is -0.275. The molecule has 10 heteroatoms. The van der Waals surface area contributed by atoms with Crippen molar-refractivity contribution < 1.29 is 17.9 Å². The predicted octanol–water partition coefficient (Wildman–Crippen LogP) is 2.99. The molecule has 0 amide bonds. The number of aryl methyl sites for hydroxylation is 1. The Labute approximate surface area is 150 Å². The second-order valence-corrected chi connectivity index (χ2v) is 6.89. The first-order valence-corrected chi connectivity index (χ1v) is 8.41. The average Bonchev–Trinajstić information content (AvgIpc) is 2.89. The smallest absolute Gasteiger partial charge is 0.405 e. The van der Waals surface area contributed by atoms with Crippen molar-refractivity contribution in [2.45, 2.75) is 26.4 Å². The molecule has 0 aliphatic rings. The second-order valence-electron chi connectivity index (χ2n) is 5.73. The normalized spacial score (nSPS) is 12.1. The van der Waals surface area contributed by atoms with E-state index in [1.807, 2.05) is 0 Å². The lowest BCUT2D eigenvalue weighted by Gasteiger charge is -2.19. The molecule has 0 N–H and O–H groups in total. The molecule has 0 unspecified atom stereocenters. The van der Waals surface area contributed by atoms with E-state index >= 15 is 0 Å². The molecule has 3 aromatic rings. The number of para-hydroxylation sites is 1. The topological polar surface area (TPSA) is 59.7 Å². The Balaban J connectivity index is 1.77. The summed E-state index contributed by atoms with van der Waals surface area (Å²) >= 11 is 1.30. The molecule has 0 saturated heterocycles. The van der Waals surface area contributed by atoms with Gasteiger partial charge in [-0.3, -0.25) is 9.69 Å². The number of ether oxygens (including phenoxy) is 1. The molecule has 0 aliphatic heterocycles. The number of hydrogen-bond donors (Lipinski definition) is 0. The lowest BCUT2D eigenvalue weighted by Crippen LogP contribution is -2.23. The van der Waals surface area contributed by atoms with E-state index in [9.17, 15) is 18.0 Å².